The predicted octanol–water partition coefficient (Wildman–Crippen LogP) is 5.36. The maximum atomic E-state index is 14.4. The average Bonchev–Trinajstić information content (AvgIpc) is 3.53. The molecular formula is C30H37Cl2N3O4. The van der Waals surface area contributed by atoms with Gasteiger partial charge in [0.1, 0.15) is 11.6 Å². The first kappa shape index (κ1) is 27.1. The maximum absolute atomic E-state index is 14.4. The monoisotopic (exact) mass is 573 g/mol. The molecule has 2 N–H and O–H groups in total. The minimum atomic E-state index is -1.16. The Balaban J connectivity index is 1.34. The highest BCUT2D eigenvalue weighted by Crippen LogP contribution is 2.57. The molecule has 2 bridgehead atoms. The number of likely N-dealkylation sites (tertiary alicyclic amines) is 1. The summed E-state index contributed by atoms with van der Waals surface area (Å²) in [4.78, 5) is 44.1. The smallest absolute Gasteiger partial charge is 0.246 e. The second-order valence-electron chi connectivity index (χ2n) is 12.3. The molecule has 6 rings (SSSR count). The lowest BCUT2D eigenvalue weighted by Gasteiger charge is -2.44. The molecule has 3 heterocycles. The molecule has 7 nitrogen and oxygen atoms in total. The van der Waals surface area contributed by atoms with Gasteiger partial charge in [0.2, 0.25) is 17.7 Å². The van der Waals surface area contributed by atoms with Gasteiger partial charge in [0, 0.05) is 27.8 Å². The molecule has 2 aliphatic carbocycles. The second kappa shape index (κ2) is 10.4. The van der Waals surface area contributed by atoms with Gasteiger partial charge in [-0.15, -0.1) is 0 Å². The number of amides is 3. The van der Waals surface area contributed by atoms with Crippen LogP contribution in [0.4, 0.5) is 5.69 Å². The zero-order valence-electron chi connectivity index (χ0n) is 22.5. The van der Waals surface area contributed by atoms with E-state index in [0.717, 1.165) is 44.9 Å². The lowest BCUT2D eigenvalue weighted by atomic mass is 9.74. The highest BCUT2D eigenvalue weighted by molar-refractivity contribution is 6.35. The Labute approximate surface area is 240 Å². The lowest BCUT2D eigenvalue weighted by molar-refractivity contribution is -0.146. The number of rotatable bonds is 5. The molecule has 0 unspecified atom stereocenters. The van der Waals surface area contributed by atoms with Crippen LogP contribution in [0.5, 0.6) is 0 Å². The minimum Gasteiger partial charge on any atom is -0.359 e. The Morgan fingerprint density at radius 3 is 2.41 bits per heavy atom. The number of ether oxygens (including phenoxy) is 1. The molecule has 210 valence electrons. The molecule has 1 spiro atoms. The number of nitrogens with zero attached hydrogens (tertiary/aromatic N) is 1. The molecule has 39 heavy (non-hydrogen) atoms. The quantitative estimate of drug-likeness (QED) is 0.464. The number of benzene rings is 1. The van der Waals surface area contributed by atoms with E-state index in [2.05, 4.69) is 24.5 Å². The van der Waals surface area contributed by atoms with Gasteiger partial charge in [0.05, 0.1) is 17.9 Å². The van der Waals surface area contributed by atoms with Gasteiger partial charge >= 0.3 is 0 Å². The number of fused-ring (bicyclic) bond motifs is 1. The van der Waals surface area contributed by atoms with Crippen molar-refractivity contribution in [3.63, 3.8) is 0 Å². The van der Waals surface area contributed by atoms with Crippen molar-refractivity contribution >= 4 is 46.6 Å². The van der Waals surface area contributed by atoms with Crippen molar-refractivity contribution in [2.45, 2.75) is 95.0 Å². The van der Waals surface area contributed by atoms with Crippen LogP contribution in [-0.4, -0.2) is 52.5 Å². The lowest BCUT2D eigenvalue weighted by Crippen LogP contribution is -2.60. The van der Waals surface area contributed by atoms with Crippen LogP contribution in [0.2, 0.25) is 10.0 Å². The Hall–Kier alpha value is -2.09. The fraction of sp³-hybridized carbons (Fsp3) is 0.633. The molecule has 0 aromatic heterocycles. The Morgan fingerprint density at radius 2 is 1.69 bits per heavy atom. The fourth-order valence-corrected chi connectivity index (χ4v) is 8.42. The van der Waals surface area contributed by atoms with Gasteiger partial charge in [-0.2, -0.15) is 0 Å². The third-order valence-electron chi connectivity index (χ3n) is 9.97. The third kappa shape index (κ3) is 4.58. The highest BCUT2D eigenvalue weighted by Gasteiger charge is 2.73. The first-order valence-electron chi connectivity index (χ1n) is 14.5. The van der Waals surface area contributed by atoms with E-state index in [1.54, 1.807) is 18.2 Å². The summed E-state index contributed by atoms with van der Waals surface area (Å²) >= 11 is 12.3. The van der Waals surface area contributed by atoms with Crippen molar-refractivity contribution < 1.29 is 19.1 Å². The predicted molar refractivity (Wildman–Crippen MR) is 150 cm³/mol. The number of carbonyl (C=O) groups is 3. The van der Waals surface area contributed by atoms with Gasteiger partial charge < -0.3 is 20.3 Å². The Morgan fingerprint density at radius 1 is 0.974 bits per heavy atom. The summed E-state index contributed by atoms with van der Waals surface area (Å²) in [5.74, 6) is -1.49. The van der Waals surface area contributed by atoms with Crippen LogP contribution >= 0.6 is 23.2 Å². The van der Waals surface area contributed by atoms with Crippen LogP contribution in [0.15, 0.2) is 30.4 Å². The number of hydrogen-bond acceptors (Lipinski definition) is 4. The largest absolute Gasteiger partial charge is 0.359 e. The molecule has 3 amide bonds. The van der Waals surface area contributed by atoms with Crippen molar-refractivity contribution in [2.75, 3.05) is 5.32 Å². The molecule has 5 aliphatic rings. The number of anilines is 1. The zero-order chi connectivity index (χ0) is 27.5. The van der Waals surface area contributed by atoms with E-state index in [-0.39, 0.29) is 35.7 Å². The summed E-state index contributed by atoms with van der Waals surface area (Å²) in [6.07, 6.45) is 11.4. The van der Waals surface area contributed by atoms with Gasteiger partial charge in [-0.3, -0.25) is 14.4 Å². The SMILES string of the molecule is C[C@@H]1[C@H](C)CCC[C@@H]1N1C(=O)[C@@H]2[C@H](C(=O)Nc3cc(Cl)cc(Cl)c3)[C@@H]3C=C[C@@]2(O3)[C@@H]1C(=O)NC1CCCCC1. The van der Waals surface area contributed by atoms with Gasteiger partial charge in [-0.05, 0) is 49.3 Å². The van der Waals surface area contributed by atoms with Crippen molar-refractivity contribution in [3.05, 3.63) is 40.4 Å². The van der Waals surface area contributed by atoms with Gasteiger partial charge in [-0.25, -0.2) is 0 Å². The molecule has 1 aromatic carbocycles. The van der Waals surface area contributed by atoms with Gasteiger partial charge in [0.25, 0.3) is 0 Å². The van der Waals surface area contributed by atoms with Gasteiger partial charge in [-0.1, -0.05) is 81.3 Å². The summed E-state index contributed by atoms with van der Waals surface area (Å²) in [6, 6.07) is 4.08. The maximum Gasteiger partial charge on any atom is 0.246 e. The van der Waals surface area contributed by atoms with Crippen molar-refractivity contribution in [2.24, 2.45) is 23.7 Å². The Kier molecular flexibility index (Phi) is 7.22. The molecule has 0 radical (unpaired) electrons. The van der Waals surface area contributed by atoms with E-state index in [4.69, 9.17) is 27.9 Å². The van der Waals surface area contributed by atoms with Gasteiger partial charge in [0.15, 0.2) is 0 Å². The van der Waals surface area contributed by atoms with Crippen LogP contribution in [-0.2, 0) is 19.1 Å². The summed E-state index contributed by atoms with van der Waals surface area (Å²) in [6.45, 7) is 4.41. The highest BCUT2D eigenvalue weighted by atomic mass is 35.5. The van der Waals surface area contributed by atoms with Crippen molar-refractivity contribution in [3.8, 4) is 0 Å². The minimum absolute atomic E-state index is 0.0742. The second-order valence-corrected chi connectivity index (χ2v) is 13.1. The average molecular weight is 575 g/mol. The van der Waals surface area contributed by atoms with E-state index >= 15 is 0 Å². The normalized spacial score (nSPS) is 37.7. The summed E-state index contributed by atoms with van der Waals surface area (Å²) in [5, 5.41) is 7.00. The summed E-state index contributed by atoms with van der Waals surface area (Å²) in [5.41, 5.74) is -0.698. The van der Waals surface area contributed by atoms with Crippen molar-refractivity contribution in [1.29, 1.82) is 0 Å². The fourth-order valence-electron chi connectivity index (χ4n) is 7.89. The van der Waals surface area contributed by atoms with Crippen molar-refractivity contribution in [1.82, 2.24) is 10.2 Å². The topological polar surface area (TPSA) is 87.7 Å². The summed E-state index contributed by atoms with van der Waals surface area (Å²) < 4.78 is 6.53. The van der Waals surface area contributed by atoms with Crippen LogP contribution < -0.4 is 10.6 Å². The standard InChI is InChI=1S/C30H37Cl2N3O4/c1-16-7-6-10-22(17(16)2)35-26(28(37)33-20-8-4-3-5-9-20)30-12-11-23(39-30)24(25(30)29(35)38)27(36)34-21-14-18(31)13-19(32)15-21/h11-17,20,22-26H,3-10H2,1-2H3,(H,33,37)(H,34,36)/t16-,17-,22+,23+,24-,25+,26+,30+/m1/s1. The van der Waals surface area contributed by atoms with Crippen LogP contribution in [0.25, 0.3) is 0 Å². The van der Waals surface area contributed by atoms with Crippen LogP contribution in [0.3, 0.4) is 0 Å². The van der Waals surface area contributed by atoms with E-state index < -0.39 is 29.6 Å². The number of nitrogens with one attached hydrogen (secondary N) is 2. The van der Waals surface area contributed by atoms with E-state index in [0.29, 0.717) is 21.7 Å². The molecule has 8 atom stereocenters. The molecule has 4 fully saturated rings. The molecular weight excluding hydrogens is 537 g/mol. The number of halogens is 2. The van der Waals surface area contributed by atoms with Crippen LogP contribution in [0.1, 0.15) is 65.2 Å². The molecule has 2 saturated carbocycles. The van der Waals surface area contributed by atoms with E-state index in [1.165, 1.54) is 6.42 Å². The number of hydrogen-bond donors (Lipinski definition) is 2. The molecule has 1 aromatic rings. The van der Waals surface area contributed by atoms with Crippen LogP contribution in [0, 0.1) is 23.7 Å². The molecule has 3 aliphatic heterocycles. The Bertz CT molecular complexity index is 1180. The third-order valence-corrected chi connectivity index (χ3v) is 10.4. The number of carbonyl (C=O) groups excluding carboxylic acids is 3. The first-order chi connectivity index (χ1) is 18.7. The van der Waals surface area contributed by atoms with E-state index in [9.17, 15) is 14.4 Å². The molecule has 2 saturated heterocycles. The van der Waals surface area contributed by atoms with E-state index in [1.807, 2.05) is 17.1 Å². The first-order valence-corrected chi connectivity index (χ1v) is 15.2. The zero-order valence-corrected chi connectivity index (χ0v) is 24.0. The molecule has 9 heteroatoms. The summed E-state index contributed by atoms with van der Waals surface area (Å²) in [7, 11) is 0.